The molecule has 9 aromatic rings. The molecule has 1 nitrogen and oxygen atoms in total. The van der Waals surface area contributed by atoms with Crippen LogP contribution in [-0.2, 0) is 0 Å². The van der Waals surface area contributed by atoms with E-state index in [0.29, 0.717) is 0 Å². The van der Waals surface area contributed by atoms with Crippen LogP contribution in [0.4, 0.5) is 17.1 Å². The molecular formula is C50H35N. The minimum Gasteiger partial charge on any atom is -0.311 e. The summed E-state index contributed by atoms with van der Waals surface area (Å²) in [7, 11) is 0. The Labute approximate surface area is 299 Å². The summed E-state index contributed by atoms with van der Waals surface area (Å²) in [5.74, 6) is 0. The van der Waals surface area contributed by atoms with Crippen molar-refractivity contribution in [3.8, 4) is 44.5 Å². The SMILES string of the molecule is c1ccc(-c2ccc(N(c3ccc(-c4cccc5ccccc45)cc3)c3ccc(-c4c(-c5ccccc5)ccc5ccccc45)cc3)cc2)cc1. The lowest BCUT2D eigenvalue weighted by molar-refractivity contribution is 1.28. The Hall–Kier alpha value is -6.70. The lowest BCUT2D eigenvalue weighted by atomic mass is 9.89. The number of anilines is 3. The highest BCUT2D eigenvalue weighted by molar-refractivity contribution is 6.04. The van der Waals surface area contributed by atoms with E-state index in [1.165, 1.54) is 66.1 Å². The molecule has 0 amide bonds. The summed E-state index contributed by atoms with van der Waals surface area (Å²) in [5, 5.41) is 5.01. The normalized spacial score (nSPS) is 11.1. The Kier molecular flexibility index (Phi) is 7.92. The molecule has 0 unspecified atom stereocenters. The predicted octanol–water partition coefficient (Wildman–Crippen LogP) is 14.1. The summed E-state index contributed by atoms with van der Waals surface area (Å²) >= 11 is 0. The van der Waals surface area contributed by atoms with Crippen molar-refractivity contribution in [1.29, 1.82) is 0 Å². The van der Waals surface area contributed by atoms with E-state index < -0.39 is 0 Å². The fourth-order valence-electron chi connectivity index (χ4n) is 7.37. The lowest BCUT2D eigenvalue weighted by Gasteiger charge is -2.26. The zero-order chi connectivity index (χ0) is 34.0. The highest BCUT2D eigenvalue weighted by Gasteiger charge is 2.16. The predicted molar refractivity (Wildman–Crippen MR) is 218 cm³/mol. The second kappa shape index (κ2) is 13.3. The van der Waals surface area contributed by atoms with Gasteiger partial charge >= 0.3 is 0 Å². The monoisotopic (exact) mass is 649 g/mol. The second-order valence-electron chi connectivity index (χ2n) is 12.9. The molecule has 51 heavy (non-hydrogen) atoms. The Bertz CT molecular complexity index is 2580. The number of hydrogen-bond donors (Lipinski definition) is 0. The molecule has 0 heterocycles. The van der Waals surface area contributed by atoms with Gasteiger partial charge in [0.15, 0.2) is 0 Å². The van der Waals surface area contributed by atoms with Crippen molar-refractivity contribution < 1.29 is 0 Å². The van der Waals surface area contributed by atoms with Crippen LogP contribution >= 0.6 is 0 Å². The highest BCUT2D eigenvalue weighted by Crippen LogP contribution is 2.41. The van der Waals surface area contributed by atoms with Gasteiger partial charge in [-0.05, 0) is 102 Å². The van der Waals surface area contributed by atoms with Gasteiger partial charge in [-0.3, -0.25) is 0 Å². The maximum atomic E-state index is 2.35. The maximum absolute atomic E-state index is 2.35. The van der Waals surface area contributed by atoms with Gasteiger partial charge in [0.2, 0.25) is 0 Å². The smallest absolute Gasteiger partial charge is 0.0462 e. The third-order valence-electron chi connectivity index (χ3n) is 9.89. The zero-order valence-corrected chi connectivity index (χ0v) is 28.2. The van der Waals surface area contributed by atoms with E-state index >= 15 is 0 Å². The van der Waals surface area contributed by atoms with Crippen LogP contribution in [0.1, 0.15) is 0 Å². The molecular weight excluding hydrogens is 615 g/mol. The number of benzene rings is 9. The molecule has 0 atom stereocenters. The van der Waals surface area contributed by atoms with Gasteiger partial charge in [0, 0.05) is 17.1 Å². The molecule has 1 heteroatoms. The van der Waals surface area contributed by atoms with Gasteiger partial charge < -0.3 is 4.90 Å². The average Bonchev–Trinajstić information content (AvgIpc) is 3.22. The number of hydrogen-bond acceptors (Lipinski definition) is 1. The summed E-state index contributed by atoms with van der Waals surface area (Å²) in [6.07, 6.45) is 0. The number of nitrogens with zero attached hydrogens (tertiary/aromatic N) is 1. The van der Waals surface area contributed by atoms with Crippen LogP contribution in [0, 0.1) is 0 Å². The Balaban J connectivity index is 1.15. The first-order valence-corrected chi connectivity index (χ1v) is 17.5. The minimum absolute atomic E-state index is 1.10. The first-order chi connectivity index (χ1) is 25.3. The Morgan fingerprint density at radius 1 is 0.235 bits per heavy atom. The van der Waals surface area contributed by atoms with Gasteiger partial charge in [0.25, 0.3) is 0 Å². The molecule has 240 valence electrons. The molecule has 0 aliphatic heterocycles. The summed E-state index contributed by atoms with van der Waals surface area (Å²) in [6, 6.07) is 76.6. The second-order valence-corrected chi connectivity index (χ2v) is 12.9. The molecule has 9 aromatic carbocycles. The van der Waals surface area contributed by atoms with Crippen molar-refractivity contribution in [3.63, 3.8) is 0 Å². The molecule has 0 saturated carbocycles. The lowest BCUT2D eigenvalue weighted by Crippen LogP contribution is -2.09. The van der Waals surface area contributed by atoms with Crippen molar-refractivity contribution in [1.82, 2.24) is 0 Å². The quantitative estimate of drug-likeness (QED) is 0.166. The van der Waals surface area contributed by atoms with E-state index in [9.17, 15) is 0 Å². The highest BCUT2D eigenvalue weighted by atomic mass is 15.1. The number of fused-ring (bicyclic) bond motifs is 2. The molecule has 9 rings (SSSR count). The summed E-state index contributed by atoms with van der Waals surface area (Å²) in [5.41, 5.74) is 13.1. The summed E-state index contributed by atoms with van der Waals surface area (Å²) < 4.78 is 0. The van der Waals surface area contributed by atoms with Crippen molar-refractivity contribution in [3.05, 3.63) is 212 Å². The van der Waals surface area contributed by atoms with Crippen LogP contribution in [0.15, 0.2) is 212 Å². The maximum Gasteiger partial charge on any atom is 0.0462 e. The van der Waals surface area contributed by atoms with Crippen molar-refractivity contribution >= 4 is 38.6 Å². The Morgan fingerprint density at radius 2 is 0.667 bits per heavy atom. The first-order valence-electron chi connectivity index (χ1n) is 17.5. The molecule has 0 radical (unpaired) electrons. The van der Waals surface area contributed by atoms with E-state index in [1.807, 2.05) is 0 Å². The molecule has 0 saturated heterocycles. The summed E-state index contributed by atoms with van der Waals surface area (Å²) in [6.45, 7) is 0. The van der Waals surface area contributed by atoms with Crippen molar-refractivity contribution in [2.24, 2.45) is 0 Å². The Morgan fingerprint density at radius 3 is 1.29 bits per heavy atom. The standard InChI is InChI=1S/C50H35N/c1-3-12-36(13-4-1)37-22-29-43(30-23-37)51(44-31-24-41(25-32-44)47-21-11-18-38-16-7-9-19-46(38)47)45-33-26-42(27-34-45)50-48-20-10-8-17-40(48)28-35-49(50)39-14-5-2-6-15-39/h1-35H. The first kappa shape index (κ1) is 30.4. The van der Waals surface area contributed by atoms with Crippen molar-refractivity contribution in [2.75, 3.05) is 4.90 Å². The molecule has 0 aliphatic carbocycles. The van der Waals surface area contributed by atoms with Gasteiger partial charge in [-0.25, -0.2) is 0 Å². The molecule has 0 aromatic heterocycles. The largest absolute Gasteiger partial charge is 0.311 e. The molecule has 0 fully saturated rings. The van der Waals surface area contributed by atoms with E-state index in [1.54, 1.807) is 0 Å². The van der Waals surface area contributed by atoms with Crippen LogP contribution in [-0.4, -0.2) is 0 Å². The van der Waals surface area contributed by atoms with Crippen LogP contribution in [0.25, 0.3) is 66.1 Å². The van der Waals surface area contributed by atoms with Crippen LogP contribution in [0.3, 0.4) is 0 Å². The fourth-order valence-corrected chi connectivity index (χ4v) is 7.37. The van der Waals surface area contributed by atoms with E-state index in [2.05, 4.69) is 217 Å². The molecule has 0 bridgehead atoms. The molecule has 0 aliphatic rings. The van der Waals surface area contributed by atoms with Gasteiger partial charge in [-0.1, -0.05) is 176 Å². The zero-order valence-electron chi connectivity index (χ0n) is 28.2. The summed E-state index contributed by atoms with van der Waals surface area (Å²) in [4.78, 5) is 2.35. The van der Waals surface area contributed by atoms with E-state index in [4.69, 9.17) is 0 Å². The van der Waals surface area contributed by atoms with Gasteiger partial charge in [0.1, 0.15) is 0 Å². The van der Waals surface area contributed by atoms with Gasteiger partial charge in [0.05, 0.1) is 0 Å². The average molecular weight is 650 g/mol. The van der Waals surface area contributed by atoms with Gasteiger partial charge in [-0.15, -0.1) is 0 Å². The van der Waals surface area contributed by atoms with E-state index in [0.717, 1.165) is 17.1 Å². The van der Waals surface area contributed by atoms with E-state index in [-0.39, 0.29) is 0 Å². The van der Waals surface area contributed by atoms with Crippen LogP contribution in [0.2, 0.25) is 0 Å². The third-order valence-corrected chi connectivity index (χ3v) is 9.89. The van der Waals surface area contributed by atoms with Crippen LogP contribution < -0.4 is 4.90 Å². The van der Waals surface area contributed by atoms with Gasteiger partial charge in [-0.2, -0.15) is 0 Å². The number of rotatable bonds is 7. The topological polar surface area (TPSA) is 3.24 Å². The third kappa shape index (κ3) is 5.86. The minimum atomic E-state index is 1.10. The molecule has 0 N–H and O–H groups in total. The fraction of sp³-hybridized carbons (Fsp3) is 0. The molecule has 0 spiro atoms. The van der Waals surface area contributed by atoms with Crippen LogP contribution in [0.5, 0.6) is 0 Å². The van der Waals surface area contributed by atoms with Crippen molar-refractivity contribution in [2.45, 2.75) is 0 Å².